The second-order valence-electron chi connectivity index (χ2n) is 7.56. The number of aliphatic imine (C=N–C) groups is 1. The average Bonchev–Trinajstić information content (AvgIpc) is 3.25. The standard InChI is InChI=1S/C22H32N4OS.HI/c1-3-23-21(25-17-22(2,27)20-10-14-28-16-20)24-11-6-12-26-13-9-18-7-4-5-8-19(18)15-26;/h4-5,7-8,10,14,16,27H,3,6,9,11-13,15,17H2,1-2H3,(H2,23,24,25);1H. The van der Waals surface area contributed by atoms with Crippen LogP contribution in [0.4, 0.5) is 0 Å². The summed E-state index contributed by atoms with van der Waals surface area (Å²) in [5.41, 5.74) is 2.94. The number of aliphatic hydroxyl groups is 1. The number of thiophene rings is 1. The number of hydrogen-bond donors (Lipinski definition) is 3. The Kier molecular flexibility index (Phi) is 9.88. The van der Waals surface area contributed by atoms with Gasteiger partial charge in [0.15, 0.2) is 5.96 Å². The van der Waals surface area contributed by atoms with Crippen molar-refractivity contribution in [1.82, 2.24) is 15.5 Å². The first-order valence-electron chi connectivity index (χ1n) is 10.1. The number of rotatable bonds is 8. The van der Waals surface area contributed by atoms with Crippen molar-refractivity contribution in [3.05, 3.63) is 57.8 Å². The predicted molar refractivity (Wildman–Crippen MR) is 133 cm³/mol. The molecular weight excluding hydrogens is 495 g/mol. The molecule has 1 aromatic heterocycles. The van der Waals surface area contributed by atoms with Gasteiger partial charge in [0.2, 0.25) is 0 Å². The first kappa shape index (κ1) is 24.1. The van der Waals surface area contributed by atoms with Gasteiger partial charge in [-0.25, -0.2) is 4.99 Å². The van der Waals surface area contributed by atoms with Crippen LogP contribution in [0.3, 0.4) is 0 Å². The smallest absolute Gasteiger partial charge is 0.191 e. The lowest BCUT2D eigenvalue weighted by Gasteiger charge is -2.28. The fraction of sp³-hybridized carbons (Fsp3) is 0.500. The molecule has 0 fully saturated rings. The summed E-state index contributed by atoms with van der Waals surface area (Å²) < 4.78 is 0. The molecule has 1 aliphatic heterocycles. The first-order valence-corrected chi connectivity index (χ1v) is 11.1. The van der Waals surface area contributed by atoms with Gasteiger partial charge in [0, 0.05) is 32.7 Å². The molecule has 1 atom stereocenters. The number of nitrogens with zero attached hydrogens (tertiary/aromatic N) is 2. The van der Waals surface area contributed by atoms with E-state index < -0.39 is 5.60 Å². The monoisotopic (exact) mass is 528 g/mol. The molecule has 5 nitrogen and oxygen atoms in total. The molecule has 0 saturated carbocycles. The van der Waals surface area contributed by atoms with Crippen molar-refractivity contribution in [2.24, 2.45) is 4.99 Å². The molecule has 3 rings (SSSR count). The largest absolute Gasteiger partial charge is 0.383 e. The zero-order chi connectivity index (χ0) is 19.8. The summed E-state index contributed by atoms with van der Waals surface area (Å²) in [7, 11) is 0. The maximum Gasteiger partial charge on any atom is 0.191 e. The molecule has 1 aromatic carbocycles. The normalized spacial score (nSPS) is 16.4. The minimum absolute atomic E-state index is 0. The van der Waals surface area contributed by atoms with Crippen LogP contribution in [0.1, 0.15) is 37.0 Å². The van der Waals surface area contributed by atoms with E-state index in [4.69, 9.17) is 0 Å². The van der Waals surface area contributed by atoms with Crippen LogP contribution < -0.4 is 10.6 Å². The van der Waals surface area contributed by atoms with E-state index >= 15 is 0 Å². The van der Waals surface area contributed by atoms with Crippen molar-refractivity contribution in [1.29, 1.82) is 0 Å². The SMILES string of the molecule is CCNC(=NCC(C)(O)c1ccsc1)NCCCN1CCc2ccccc2C1.I. The highest BCUT2D eigenvalue weighted by atomic mass is 127. The Morgan fingerprint density at radius 3 is 2.76 bits per heavy atom. The van der Waals surface area contributed by atoms with E-state index in [-0.39, 0.29) is 24.0 Å². The molecule has 160 valence electrons. The van der Waals surface area contributed by atoms with E-state index in [0.717, 1.165) is 57.1 Å². The summed E-state index contributed by atoms with van der Waals surface area (Å²) in [5, 5.41) is 21.3. The molecule has 0 spiro atoms. The van der Waals surface area contributed by atoms with Crippen molar-refractivity contribution < 1.29 is 5.11 Å². The number of guanidine groups is 1. The molecule has 0 saturated heterocycles. The number of benzene rings is 1. The lowest BCUT2D eigenvalue weighted by atomic mass is 10.00. The minimum Gasteiger partial charge on any atom is -0.383 e. The summed E-state index contributed by atoms with van der Waals surface area (Å²) >= 11 is 1.59. The minimum atomic E-state index is -0.941. The van der Waals surface area contributed by atoms with Crippen molar-refractivity contribution in [3.63, 3.8) is 0 Å². The van der Waals surface area contributed by atoms with Crippen LogP contribution >= 0.6 is 35.3 Å². The van der Waals surface area contributed by atoms with Gasteiger partial charge in [-0.1, -0.05) is 24.3 Å². The Hall–Kier alpha value is -1.16. The van der Waals surface area contributed by atoms with Crippen LogP contribution in [0.15, 0.2) is 46.1 Å². The second-order valence-corrected chi connectivity index (χ2v) is 8.34. The molecule has 0 bridgehead atoms. The van der Waals surface area contributed by atoms with Crippen molar-refractivity contribution in [3.8, 4) is 0 Å². The van der Waals surface area contributed by atoms with Crippen LogP contribution in [0.25, 0.3) is 0 Å². The van der Waals surface area contributed by atoms with Crippen LogP contribution in [-0.4, -0.2) is 48.7 Å². The quantitative estimate of drug-likeness (QED) is 0.212. The first-order chi connectivity index (χ1) is 13.6. The molecule has 29 heavy (non-hydrogen) atoms. The zero-order valence-corrected chi connectivity index (χ0v) is 20.5. The van der Waals surface area contributed by atoms with Gasteiger partial charge in [0.25, 0.3) is 0 Å². The highest BCUT2D eigenvalue weighted by Gasteiger charge is 2.23. The predicted octanol–water partition coefficient (Wildman–Crippen LogP) is 3.58. The van der Waals surface area contributed by atoms with Gasteiger partial charge < -0.3 is 15.7 Å². The van der Waals surface area contributed by atoms with E-state index in [1.807, 2.05) is 23.8 Å². The molecule has 2 aromatic rings. The molecule has 0 radical (unpaired) electrons. The van der Waals surface area contributed by atoms with Crippen molar-refractivity contribution >= 4 is 41.3 Å². The summed E-state index contributed by atoms with van der Waals surface area (Å²) in [5.74, 6) is 0.766. The fourth-order valence-electron chi connectivity index (χ4n) is 3.49. The van der Waals surface area contributed by atoms with E-state index in [1.165, 1.54) is 11.1 Å². The molecule has 1 aliphatic rings. The zero-order valence-electron chi connectivity index (χ0n) is 17.4. The van der Waals surface area contributed by atoms with Crippen LogP contribution in [-0.2, 0) is 18.6 Å². The third-order valence-corrected chi connectivity index (χ3v) is 5.87. The van der Waals surface area contributed by atoms with Gasteiger partial charge in [-0.2, -0.15) is 11.3 Å². The van der Waals surface area contributed by atoms with Gasteiger partial charge in [0.05, 0.1) is 6.54 Å². The lowest BCUT2D eigenvalue weighted by Crippen LogP contribution is -2.40. The van der Waals surface area contributed by atoms with E-state index in [2.05, 4.69) is 51.7 Å². The summed E-state index contributed by atoms with van der Waals surface area (Å²) in [6, 6.07) is 10.7. The average molecular weight is 529 g/mol. The molecule has 7 heteroatoms. The van der Waals surface area contributed by atoms with Gasteiger partial charge in [-0.05, 0) is 60.2 Å². The Labute approximate surface area is 195 Å². The molecule has 1 unspecified atom stereocenters. The highest BCUT2D eigenvalue weighted by Crippen LogP contribution is 2.23. The third-order valence-electron chi connectivity index (χ3n) is 5.19. The molecular formula is C22H33IN4OS. The van der Waals surface area contributed by atoms with Crippen molar-refractivity contribution in [2.75, 3.05) is 32.7 Å². The fourth-order valence-corrected chi connectivity index (χ4v) is 4.27. The maximum absolute atomic E-state index is 10.7. The summed E-state index contributed by atoms with van der Waals surface area (Å²) in [6.45, 7) is 9.13. The Bertz CT molecular complexity index is 764. The van der Waals surface area contributed by atoms with Gasteiger partial charge in [0.1, 0.15) is 5.60 Å². The third kappa shape index (κ3) is 7.24. The van der Waals surface area contributed by atoms with Gasteiger partial charge in [-0.3, -0.25) is 4.90 Å². The maximum atomic E-state index is 10.7. The van der Waals surface area contributed by atoms with Crippen LogP contribution in [0.5, 0.6) is 0 Å². The Morgan fingerprint density at radius 1 is 1.24 bits per heavy atom. The van der Waals surface area contributed by atoms with E-state index in [9.17, 15) is 5.11 Å². The summed E-state index contributed by atoms with van der Waals surface area (Å²) in [6.07, 6.45) is 2.21. The number of nitrogens with one attached hydrogen (secondary N) is 2. The Morgan fingerprint density at radius 2 is 2.03 bits per heavy atom. The van der Waals surface area contributed by atoms with Gasteiger partial charge >= 0.3 is 0 Å². The van der Waals surface area contributed by atoms with E-state index in [0.29, 0.717) is 6.54 Å². The van der Waals surface area contributed by atoms with Crippen LogP contribution in [0.2, 0.25) is 0 Å². The topological polar surface area (TPSA) is 59.9 Å². The molecule has 0 amide bonds. The molecule has 2 heterocycles. The van der Waals surface area contributed by atoms with Gasteiger partial charge in [-0.15, -0.1) is 24.0 Å². The molecule has 0 aliphatic carbocycles. The van der Waals surface area contributed by atoms with Crippen LogP contribution in [0, 0.1) is 0 Å². The Balaban J connectivity index is 0.00000300. The lowest BCUT2D eigenvalue weighted by molar-refractivity contribution is 0.0677. The van der Waals surface area contributed by atoms with Crippen molar-refractivity contribution in [2.45, 2.75) is 38.8 Å². The summed E-state index contributed by atoms with van der Waals surface area (Å²) in [4.78, 5) is 7.11. The number of fused-ring (bicyclic) bond motifs is 1. The van der Waals surface area contributed by atoms with E-state index in [1.54, 1.807) is 11.3 Å². The highest BCUT2D eigenvalue weighted by molar-refractivity contribution is 14.0. The molecule has 3 N–H and O–H groups in total. The number of hydrogen-bond acceptors (Lipinski definition) is 4. The second kappa shape index (κ2) is 11.9. The number of halogens is 1.